The summed E-state index contributed by atoms with van der Waals surface area (Å²) in [5.41, 5.74) is 7.76. The van der Waals surface area contributed by atoms with E-state index in [2.05, 4.69) is 4.72 Å². The summed E-state index contributed by atoms with van der Waals surface area (Å²) in [6.45, 7) is 3.89. The molecule has 2 atom stereocenters. The second-order valence-electron chi connectivity index (χ2n) is 5.92. The minimum atomic E-state index is -3.60. The van der Waals surface area contributed by atoms with Crippen molar-refractivity contribution in [2.75, 3.05) is 12.3 Å². The van der Waals surface area contributed by atoms with Gasteiger partial charge in [0.2, 0.25) is 10.0 Å². The summed E-state index contributed by atoms with van der Waals surface area (Å²) in [7, 11) is -3.60. The first kappa shape index (κ1) is 16.3. The third-order valence-electron chi connectivity index (χ3n) is 4.34. The van der Waals surface area contributed by atoms with Crippen LogP contribution in [0.1, 0.15) is 36.8 Å². The fourth-order valence-electron chi connectivity index (χ4n) is 2.85. The summed E-state index contributed by atoms with van der Waals surface area (Å²) in [6.07, 6.45) is 3.25. The first-order valence-electron chi connectivity index (χ1n) is 7.35. The van der Waals surface area contributed by atoms with E-state index in [1.54, 1.807) is 13.0 Å². The second kappa shape index (κ2) is 6.34. The van der Waals surface area contributed by atoms with Crippen LogP contribution in [-0.4, -0.2) is 26.2 Å². The molecular formula is C15H24N2O3S. The number of aliphatic hydroxyl groups is 1. The van der Waals surface area contributed by atoms with Crippen molar-refractivity contribution in [3.63, 3.8) is 0 Å². The van der Waals surface area contributed by atoms with Crippen molar-refractivity contribution in [2.24, 2.45) is 5.92 Å². The predicted octanol–water partition coefficient (Wildman–Crippen LogP) is 1.72. The number of nitrogens with two attached hydrogens (primary N) is 1. The highest BCUT2D eigenvalue weighted by molar-refractivity contribution is 7.89. The molecule has 118 valence electrons. The molecule has 1 aromatic rings. The molecule has 2 rings (SSSR count). The topological polar surface area (TPSA) is 92.4 Å². The molecule has 0 radical (unpaired) electrons. The largest absolute Gasteiger partial charge is 0.399 e. The maximum atomic E-state index is 12.5. The highest BCUT2D eigenvalue weighted by atomic mass is 32.2. The Hall–Kier alpha value is -1.11. The molecule has 0 spiro atoms. The van der Waals surface area contributed by atoms with Gasteiger partial charge in [-0.25, -0.2) is 13.1 Å². The number of hydrogen-bond acceptors (Lipinski definition) is 4. The van der Waals surface area contributed by atoms with Crippen LogP contribution in [0, 0.1) is 19.8 Å². The first-order chi connectivity index (χ1) is 9.81. The van der Waals surface area contributed by atoms with Gasteiger partial charge in [0, 0.05) is 12.2 Å². The van der Waals surface area contributed by atoms with Crippen molar-refractivity contribution in [1.29, 1.82) is 0 Å². The predicted molar refractivity (Wildman–Crippen MR) is 83.5 cm³/mol. The van der Waals surface area contributed by atoms with E-state index in [-0.39, 0.29) is 17.4 Å². The lowest BCUT2D eigenvalue weighted by Gasteiger charge is -2.27. The van der Waals surface area contributed by atoms with Crippen LogP contribution in [0.15, 0.2) is 17.0 Å². The monoisotopic (exact) mass is 312 g/mol. The molecule has 0 bridgehead atoms. The molecule has 0 aromatic heterocycles. The molecule has 0 saturated heterocycles. The van der Waals surface area contributed by atoms with E-state index >= 15 is 0 Å². The van der Waals surface area contributed by atoms with E-state index in [0.29, 0.717) is 11.3 Å². The van der Waals surface area contributed by atoms with E-state index in [9.17, 15) is 13.5 Å². The van der Waals surface area contributed by atoms with Gasteiger partial charge >= 0.3 is 0 Å². The number of nitrogen functional groups attached to an aromatic ring is 1. The Kier molecular flexibility index (Phi) is 4.91. The molecule has 1 aromatic carbocycles. The summed E-state index contributed by atoms with van der Waals surface area (Å²) in [4.78, 5) is 0.227. The molecule has 4 N–H and O–H groups in total. The molecular weight excluding hydrogens is 288 g/mol. The van der Waals surface area contributed by atoms with Crippen molar-refractivity contribution in [3.8, 4) is 0 Å². The van der Waals surface area contributed by atoms with E-state index in [0.717, 1.165) is 31.2 Å². The third kappa shape index (κ3) is 3.75. The van der Waals surface area contributed by atoms with Crippen molar-refractivity contribution in [1.82, 2.24) is 4.72 Å². The number of sulfonamides is 1. The average molecular weight is 312 g/mol. The number of nitrogens with one attached hydrogen (secondary N) is 1. The summed E-state index contributed by atoms with van der Waals surface area (Å²) in [5, 5.41) is 9.92. The van der Waals surface area contributed by atoms with Crippen molar-refractivity contribution >= 4 is 15.7 Å². The zero-order chi connectivity index (χ0) is 15.6. The van der Waals surface area contributed by atoms with Gasteiger partial charge < -0.3 is 10.8 Å². The second-order valence-corrected chi connectivity index (χ2v) is 7.66. The zero-order valence-electron chi connectivity index (χ0n) is 12.6. The Morgan fingerprint density at radius 2 is 1.95 bits per heavy atom. The highest BCUT2D eigenvalue weighted by Crippen LogP contribution is 2.25. The van der Waals surface area contributed by atoms with E-state index in [1.165, 1.54) is 6.07 Å². The summed E-state index contributed by atoms with van der Waals surface area (Å²) >= 11 is 0. The molecule has 21 heavy (non-hydrogen) atoms. The number of aliphatic hydroxyl groups excluding tert-OH is 1. The SMILES string of the molecule is Cc1cc(N)cc(S(=O)(=O)NCC2CCCCC2O)c1C. The summed E-state index contributed by atoms with van der Waals surface area (Å²) < 4.78 is 27.5. The van der Waals surface area contributed by atoms with E-state index < -0.39 is 16.1 Å². The van der Waals surface area contributed by atoms with Gasteiger partial charge in [-0.2, -0.15) is 0 Å². The Morgan fingerprint density at radius 1 is 1.29 bits per heavy atom. The minimum Gasteiger partial charge on any atom is -0.399 e. The maximum Gasteiger partial charge on any atom is 0.240 e. The molecule has 6 heteroatoms. The van der Waals surface area contributed by atoms with Gasteiger partial charge in [0.05, 0.1) is 11.0 Å². The number of rotatable bonds is 4. The van der Waals surface area contributed by atoms with Crippen LogP contribution in [-0.2, 0) is 10.0 Å². The van der Waals surface area contributed by atoms with Gasteiger partial charge in [0.15, 0.2) is 0 Å². The van der Waals surface area contributed by atoms with Crippen molar-refractivity contribution < 1.29 is 13.5 Å². The Bertz CT molecular complexity index is 614. The van der Waals surface area contributed by atoms with Crippen LogP contribution in [0.5, 0.6) is 0 Å². The number of aryl methyl sites for hydroxylation is 1. The number of hydrogen-bond donors (Lipinski definition) is 3. The third-order valence-corrected chi connectivity index (χ3v) is 5.89. The van der Waals surface area contributed by atoms with Gasteiger partial charge in [-0.1, -0.05) is 12.8 Å². The van der Waals surface area contributed by atoms with Crippen molar-refractivity contribution in [2.45, 2.75) is 50.5 Å². The Balaban J connectivity index is 2.15. The lowest BCUT2D eigenvalue weighted by Crippen LogP contribution is -2.36. The van der Waals surface area contributed by atoms with E-state index in [1.807, 2.05) is 6.92 Å². The summed E-state index contributed by atoms with van der Waals surface area (Å²) in [5.74, 6) is -0.00372. The smallest absolute Gasteiger partial charge is 0.240 e. The quantitative estimate of drug-likeness (QED) is 0.738. The fourth-order valence-corrected chi connectivity index (χ4v) is 4.30. The summed E-state index contributed by atoms with van der Waals surface area (Å²) in [6, 6.07) is 3.25. The first-order valence-corrected chi connectivity index (χ1v) is 8.84. The van der Waals surface area contributed by atoms with Crippen LogP contribution in [0.3, 0.4) is 0 Å². The normalized spacial score (nSPS) is 23.2. The standard InChI is InChI=1S/C15H24N2O3S/c1-10-7-13(16)8-15(11(10)2)21(19,20)17-9-12-5-3-4-6-14(12)18/h7-8,12,14,17-18H,3-6,9,16H2,1-2H3. The molecule has 1 saturated carbocycles. The molecule has 1 aliphatic carbocycles. The van der Waals surface area contributed by atoms with Crippen LogP contribution < -0.4 is 10.5 Å². The molecule has 5 nitrogen and oxygen atoms in total. The van der Waals surface area contributed by atoms with Gasteiger partial charge in [-0.05, 0) is 55.9 Å². The van der Waals surface area contributed by atoms with Crippen molar-refractivity contribution in [3.05, 3.63) is 23.3 Å². The van der Waals surface area contributed by atoms with Crippen LogP contribution in [0.25, 0.3) is 0 Å². The molecule has 1 aliphatic rings. The fraction of sp³-hybridized carbons (Fsp3) is 0.600. The molecule has 0 amide bonds. The number of benzene rings is 1. The molecule has 0 heterocycles. The molecule has 1 fully saturated rings. The average Bonchev–Trinajstić information content (AvgIpc) is 2.42. The molecule has 0 aliphatic heterocycles. The minimum absolute atomic E-state index is 0.00372. The molecule has 2 unspecified atom stereocenters. The van der Waals surface area contributed by atoms with Crippen LogP contribution >= 0.6 is 0 Å². The highest BCUT2D eigenvalue weighted by Gasteiger charge is 2.26. The maximum absolute atomic E-state index is 12.5. The Morgan fingerprint density at radius 3 is 2.62 bits per heavy atom. The number of anilines is 1. The van der Waals surface area contributed by atoms with Gasteiger partial charge in [-0.3, -0.25) is 0 Å². The van der Waals surface area contributed by atoms with E-state index in [4.69, 9.17) is 5.73 Å². The van der Waals surface area contributed by atoms with Crippen LogP contribution in [0.4, 0.5) is 5.69 Å². The van der Waals surface area contributed by atoms with Gasteiger partial charge in [-0.15, -0.1) is 0 Å². The lowest BCUT2D eigenvalue weighted by molar-refractivity contribution is 0.0724. The zero-order valence-corrected chi connectivity index (χ0v) is 13.4. The Labute approximate surface area is 126 Å². The van der Waals surface area contributed by atoms with Gasteiger partial charge in [0.1, 0.15) is 0 Å². The van der Waals surface area contributed by atoms with Crippen LogP contribution in [0.2, 0.25) is 0 Å². The lowest BCUT2D eigenvalue weighted by atomic mass is 9.87. The van der Waals surface area contributed by atoms with Gasteiger partial charge in [0.25, 0.3) is 0 Å².